The fraction of sp³-hybridized carbons (Fsp3) is 0.862. The Kier molecular flexibility index (Phi) is 46.7. The maximum Gasteiger partial charge on any atom is 0.0450 e. The zero-order valence-electron chi connectivity index (χ0n) is 40.9. The zero-order chi connectivity index (χ0) is 42.0. The number of aromatic amines is 1. The molecule has 1 aromatic rings. The molecule has 0 atom stereocenters. The Labute approximate surface area is 373 Å². The van der Waals surface area contributed by atoms with Crippen molar-refractivity contribution in [2.45, 2.75) is 322 Å². The molecule has 1 rings (SSSR count). The van der Waals surface area contributed by atoms with Crippen LogP contribution >= 0.6 is 0 Å². The summed E-state index contributed by atoms with van der Waals surface area (Å²) in [7, 11) is 0. The monoisotopic (exact) mass is 820 g/mol. The number of H-pyrrole nitrogens is 1. The van der Waals surface area contributed by atoms with Crippen LogP contribution in [-0.2, 0) is 0 Å². The summed E-state index contributed by atoms with van der Waals surface area (Å²) >= 11 is 0. The summed E-state index contributed by atoms with van der Waals surface area (Å²) in [5.74, 6) is 0. The highest BCUT2D eigenvalue weighted by molar-refractivity contribution is 5.62. The van der Waals surface area contributed by atoms with Gasteiger partial charge >= 0.3 is 0 Å². The van der Waals surface area contributed by atoms with Crippen molar-refractivity contribution in [3.8, 4) is 0 Å². The number of nitrogens with one attached hydrogen (secondary N) is 1. The standard InChI is InChI=1S/C58H109N/c1-3-5-7-9-11-13-15-17-19-21-23-25-27-29-31-33-35-37-39-41-43-45-47-49-51-53-57-55-56-59-58(57)54-52-50-48-46-44-42-40-38-36-34-32-30-28-26-24-22-20-18-16-14-12-10-8-6-4-2/h51-56,59H,3-50H2,1-2H3/b53-51+,54-52+. The third-order valence-corrected chi connectivity index (χ3v) is 13.3. The second-order valence-corrected chi connectivity index (χ2v) is 19.3. The molecule has 0 radical (unpaired) electrons. The van der Waals surface area contributed by atoms with Crippen molar-refractivity contribution in [2.24, 2.45) is 0 Å². The van der Waals surface area contributed by atoms with Gasteiger partial charge in [0.25, 0.3) is 0 Å². The number of allylic oxidation sites excluding steroid dienone is 2. The first-order valence-electron chi connectivity index (χ1n) is 27.9. The first-order valence-corrected chi connectivity index (χ1v) is 27.9. The van der Waals surface area contributed by atoms with E-state index in [0.29, 0.717) is 0 Å². The predicted octanol–water partition coefficient (Wildman–Crippen LogP) is 21.8. The lowest BCUT2D eigenvalue weighted by atomic mass is 10.0. The third-order valence-electron chi connectivity index (χ3n) is 13.3. The quantitative estimate of drug-likeness (QED) is 0.0630. The molecule has 346 valence electrons. The SMILES string of the molecule is CCCCCCCCCCCCCCCCCCCCCCCCC/C=C/c1cc[nH]c1/C=C/CCCCCCCCCCCCCCCCCCCCCCCCC. The maximum atomic E-state index is 3.45. The number of unbranched alkanes of at least 4 members (excludes halogenated alkanes) is 46. The molecule has 1 nitrogen and oxygen atoms in total. The number of hydrogen-bond donors (Lipinski definition) is 1. The first kappa shape index (κ1) is 55.8. The van der Waals surface area contributed by atoms with Gasteiger partial charge in [-0.15, -0.1) is 0 Å². The van der Waals surface area contributed by atoms with E-state index in [-0.39, 0.29) is 0 Å². The van der Waals surface area contributed by atoms with Gasteiger partial charge in [0.1, 0.15) is 0 Å². The van der Waals surface area contributed by atoms with Crippen molar-refractivity contribution in [1.29, 1.82) is 0 Å². The number of rotatable bonds is 50. The second kappa shape index (κ2) is 49.4. The molecule has 0 aliphatic carbocycles. The van der Waals surface area contributed by atoms with Gasteiger partial charge in [0.05, 0.1) is 0 Å². The summed E-state index contributed by atoms with van der Waals surface area (Å²) in [6.45, 7) is 4.62. The molecule has 0 aliphatic heterocycles. The minimum absolute atomic E-state index is 1.21. The van der Waals surface area contributed by atoms with Gasteiger partial charge in [-0.05, 0) is 43.4 Å². The summed E-state index contributed by atoms with van der Waals surface area (Å²) < 4.78 is 0. The molecule has 0 bridgehead atoms. The van der Waals surface area contributed by atoms with E-state index in [2.05, 4.69) is 55.4 Å². The van der Waals surface area contributed by atoms with Crippen molar-refractivity contribution >= 4 is 12.2 Å². The van der Waals surface area contributed by atoms with Crippen molar-refractivity contribution in [3.63, 3.8) is 0 Å². The van der Waals surface area contributed by atoms with Gasteiger partial charge < -0.3 is 4.98 Å². The summed E-state index contributed by atoms with van der Waals surface area (Å²) in [6.07, 6.45) is 80.9. The van der Waals surface area contributed by atoms with Crippen LogP contribution in [0, 0.1) is 0 Å². The highest BCUT2D eigenvalue weighted by Gasteiger charge is 2.00. The molecule has 0 saturated heterocycles. The maximum absolute atomic E-state index is 3.45. The Morgan fingerprint density at radius 1 is 0.288 bits per heavy atom. The Balaban J connectivity index is 1.80. The molecule has 0 spiro atoms. The molecule has 0 amide bonds. The van der Waals surface area contributed by atoms with Gasteiger partial charge in [-0.2, -0.15) is 0 Å². The fourth-order valence-corrected chi connectivity index (χ4v) is 9.19. The smallest absolute Gasteiger partial charge is 0.0450 e. The van der Waals surface area contributed by atoms with Crippen LogP contribution in [0.3, 0.4) is 0 Å². The summed E-state index contributed by atoms with van der Waals surface area (Å²) in [5, 5.41) is 0. The fourth-order valence-electron chi connectivity index (χ4n) is 9.19. The van der Waals surface area contributed by atoms with E-state index in [4.69, 9.17) is 0 Å². The molecule has 0 fully saturated rings. The van der Waals surface area contributed by atoms with Gasteiger partial charge in [-0.1, -0.05) is 315 Å². The van der Waals surface area contributed by atoms with Crippen LogP contribution in [0.25, 0.3) is 12.2 Å². The van der Waals surface area contributed by atoms with Gasteiger partial charge in [-0.3, -0.25) is 0 Å². The molecular weight excluding hydrogens is 711 g/mol. The van der Waals surface area contributed by atoms with E-state index >= 15 is 0 Å². The van der Waals surface area contributed by atoms with Gasteiger partial charge in [0, 0.05) is 11.9 Å². The van der Waals surface area contributed by atoms with E-state index in [1.54, 1.807) is 0 Å². The minimum atomic E-state index is 1.21. The van der Waals surface area contributed by atoms with Crippen molar-refractivity contribution in [3.05, 3.63) is 35.7 Å². The Morgan fingerprint density at radius 2 is 0.508 bits per heavy atom. The highest BCUT2D eigenvalue weighted by atomic mass is 14.7. The normalized spacial score (nSPS) is 12.0. The molecular formula is C58H109N. The summed E-state index contributed by atoms with van der Waals surface area (Å²) in [4.78, 5) is 3.45. The summed E-state index contributed by atoms with van der Waals surface area (Å²) in [6, 6.07) is 2.23. The van der Waals surface area contributed by atoms with Crippen LogP contribution in [0.15, 0.2) is 24.4 Å². The van der Waals surface area contributed by atoms with Crippen LogP contribution in [0.1, 0.15) is 333 Å². The van der Waals surface area contributed by atoms with Crippen molar-refractivity contribution in [2.75, 3.05) is 0 Å². The highest BCUT2D eigenvalue weighted by Crippen LogP contribution is 2.19. The predicted molar refractivity (Wildman–Crippen MR) is 272 cm³/mol. The molecule has 0 aliphatic rings. The van der Waals surface area contributed by atoms with Crippen molar-refractivity contribution < 1.29 is 0 Å². The topological polar surface area (TPSA) is 15.8 Å². The second-order valence-electron chi connectivity index (χ2n) is 19.3. The van der Waals surface area contributed by atoms with Crippen LogP contribution < -0.4 is 0 Å². The van der Waals surface area contributed by atoms with Crippen molar-refractivity contribution in [1.82, 2.24) is 4.98 Å². The van der Waals surface area contributed by atoms with Gasteiger partial charge in [0.15, 0.2) is 0 Å². The van der Waals surface area contributed by atoms with E-state index in [1.807, 2.05) is 0 Å². The lowest BCUT2D eigenvalue weighted by Crippen LogP contribution is -1.84. The first-order chi connectivity index (χ1) is 29.4. The number of hydrogen-bond acceptors (Lipinski definition) is 0. The molecule has 1 heteroatoms. The third kappa shape index (κ3) is 43.2. The van der Waals surface area contributed by atoms with Crippen LogP contribution in [0.4, 0.5) is 0 Å². The van der Waals surface area contributed by atoms with Gasteiger partial charge in [-0.25, -0.2) is 0 Å². The van der Waals surface area contributed by atoms with Crippen LogP contribution in [-0.4, -0.2) is 4.98 Å². The lowest BCUT2D eigenvalue weighted by molar-refractivity contribution is 0.518. The molecule has 1 N–H and O–H groups in total. The van der Waals surface area contributed by atoms with E-state index in [1.165, 1.54) is 319 Å². The Bertz CT molecular complexity index is 878. The molecule has 0 unspecified atom stereocenters. The Morgan fingerprint density at radius 3 is 0.763 bits per heavy atom. The van der Waals surface area contributed by atoms with E-state index in [9.17, 15) is 0 Å². The average molecular weight is 821 g/mol. The lowest BCUT2D eigenvalue weighted by Gasteiger charge is -2.04. The molecule has 0 aromatic carbocycles. The molecule has 0 saturated carbocycles. The molecule has 1 aromatic heterocycles. The Hall–Kier alpha value is -1.24. The summed E-state index contributed by atoms with van der Waals surface area (Å²) in [5.41, 5.74) is 2.62. The van der Waals surface area contributed by atoms with E-state index < -0.39 is 0 Å². The largest absolute Gasteiger partial charge is 0.361 e. The average Bonchev–Trinajstić information content (AvgIpc) is 3.70. The number of aromatic nitrogens is 1. The van der Waals surface area contributed by atoms with E-state index in [0.717, 1.165) is 0 Å². The zero-order valence-corrected chi connectivity index (χ0v) is 40.9. The molecule has 59 heavy (non-hydrogen) atoms. The van der Waals surface area contributed by atoms with Crippen LogP contribution in [0.2, 0.25) is 0 Å². The molecule has 1 heterocycles. The van der Waals surface area contributed by atoms with Gasteiger partial charge in [0.2, 0.25) is 0 Å². The van der Waals surface area contributed by atoms with Crippen LogP contribution in [0.5, 0.6) is 0 Å². The minimum Gasteiger partial charge on any atom is -0.361 e.